The Balaban J connectivity index is 1.86. The molecule has 25 heavy (non-hydrogen) atoms. The Morgan fingerprint density at radius 1 is 1.32 bits per heavy atom. The lowest BCUT2D eigenvalue weighted by Crippen LogP contribution is -2.51. The SMILES string of the molecule is COc1ccc(NC(=O)N2CCCC(NC(=O)OC(C)(C)C)C2)cn1. The largest absolute Gasteiger partial charge is 0.481 e. The molecule has 1 aromatic rings. The quantitative estimate of drug-likeness (QED) is 0.874. The molecule has 1 aliphatic rings. The Labute approximate surface area is 147 Å². The number of hydrogen-bond donors (Lipinski definition) is 2. The van der Waals surface area contributed by atoms with Crippen LogP contribution in [-0.2, 0) is 4.74 Å². The maximum atomic E-state index is 12.4. The number of urea groups is 1. The fraction of sp³-hybridized carbons (Fsp3) is 0.588. The molecule has 0 spiro atoms. The number of methoxy groups -OCH3 is 1. The number of likely N-dealkylation sites (tertiary alicyclic amines) is 1. The molecule has 2 rings (SSSR count). The van der Waals surface area contributed by atoms with Crippen molar-refractivity contribution in [2.24, 2.45) is 0 Å². The van der Waals surface area contributed by atoms with E-state index in [0.29, 0.717) is 24.7 Å². The number of pyridine rings is 1. The van der Waals surface area contributed by atoms with Crippen molar-refractivity contribution in [3.05, 3.63) is 18.3 Å². The van der Waals surface area contributed by atoms with E-state index >= 15 is 0 Å². The van der Waals surface area contributed by atoms with E-state index in [1.54, 1.807) is 17.0 Å². The van der Waals surface area contributed by atoms with Crippen molar-refractivity contribution in [3.63, 3.8) is 0 Å². The minimum absolute atomic E-state index is 0.122. The molecule has 8 heteroatoms. The zero-order valence-corrected chi connectivity index (χ0v) is 15.2. The van der Waals surface area contributed by atoms with Crippen LogP contribution in [-0.4, -0.2) is 53.9 Å². The van der Waals surface area contributed by atoms with Gasteiger partial charge in [-0.15, -0.1) is 0 Å². The number of aromatic nitrogens is 1. The van der Waals surface area contributed by atoms with E-state index in [2.05, 4.69) is 15.6 Å². The summed E-state index contributed by atoms with van der Waals surface area (Å²) in [6, 6.07) is 3.06. The highest BCUT2D eigenvalue weighted by molar-refractivity contribution is 5.89. The summed E-state index contributed by atoms with van der Waals surface area (Å²) in [5.41, 5.74) is 0.0463. The third kappa shape index (κ3) is 6.13. The lowest BCUT2D eigenvalue weighted by molar-refractivity contribution is 0.0480. The fourth-order valence-electron chi connectivity index (χ4n) is 2.53. The maximum absolute atomic E-state index is 12.4. The highest BCUT2D eigenvalue weighted by Gasteiger charge is 2.26. The average Bonchev–Trinajstić information content (AvgIpc) is 2.54. The number of amides is 3. The molecule has 1 atom stereocenters. The predicted octanol–water partition coefficient (Wildman–Crippen LogP) is 2.61. The van der Waals surface area contributed by atoms with Crippen molar-refractivity contribution >= 4 is 17.8 Å². The molecule has 2 N–H and O–H groups in total. The van der Waals surface area contributed by atoms with E-state index in [1.165, 1.54) is 13.3 Å². The molecule has 3 amide bonds. The van der Waals surface area contributed by atoms with E-state index in [0.717, 1.165) is 12.8 Å². The molecule has 0 saturated carbocycles. The lowest BCUT2D eigenvalue weighted by atomic mass is 10.1. The smallest absolute Gasteiger partial charge is 0.407 e. The molecular formula is C17H26N4O4. The summed E-state index contributed by atoms with van der Waals surface area (Å²) >= 11 is 0. The van der Waals surface area contributed by atoms with E-state index < -0.39 is 11.7 Å². The van der Waals surface area contributed by atoms with Gasteiger partial charge in [0.1, 0.15) is 5.60 Å². The van der Waals surface area contributed by atoms with Crippen LogP contribution in [0, 0.1) is 0 Å². The first-order valence-electron chi connectivity index (χ1n) is 8.32. The summed E-state index contributed by atoms with van der Waals surface area (Å²) < 4.78 is 10.3. The van der Waals surface area contributed by atoms with Crippen molar-refractivity contribution in [1.82, 2.24) is 15.2 Å². The first kappa shape index (κ1) is 18.8. The highest BCUT2D eigenvalue weighted by Crippen LogP contribution is 2.15. The summed E-state index contributed by atoms with van der Waals surface area (Å²) in [4.78, 5) is 30.0. The molecule has 138 valence electrons. The topological polar surface area (TPSA) is 92.8 Å². The van der Waals surface area contributed by atoms with Crippen LogP contribution in [0.1, 0.15) is 33.6 Å². The molecule has 0 aliphatic carbocycles. The third-order valence-corrected chi connectivity index (χ3v) is 3.63. The predicted molar refractivity (Wildman–Crippen MR) is 93.8 cm³/mol. The number of ether oxygens (including phenoxy) is 2. The average molecular weight is 350 g/mol. The molecule has 0 radical (unpaired) electrons. The monoisotopic (exact) mass is 350 g/mol. The highest BCUT2D eigenvalue weighted by atomic mass is 16.6. The number of rotatable bonds is 3. The summed E-state index contributed by atoms with van der Waals surface area (Å²) in [6.07, 6.45) is 2.71. The number of alkyl carbamates (subject to hydrolysis) is 1. The van der Waals surface area contributed by atoms with Gasteiger partial charge in [-0.05, 0) is 39.7 Å². The van der Waals surface area contributed by atoms with Crippen LogP contribution in [0.25, 0.3) is 0 Å². The molecule has 1 aromatic heterocycles. The van der Waals surface area contributed by atoms with E-state index in [4.69, 9.17) is 9.47 Å². The van der Waals surface area contributed by atoms with Gasteiger partial charge in [-0.1, -0.05) is 0 Å². The van der Waals surface area contributed by atoms with Gasteiger partial charge >= 0.3 is 12.1 Å². The minimum atomic E-state index is -0.544. The van der Waals surface area contributed by atoms with E-state index in [9.17, 15) is 9.59 Å². The van der Waals surface area contributed by atoms with E-state index in [1.807, 2.05) is 20.8 Å². The number of carbonyl (C=O) groups excluding carboxylic acids is 2. The molecule has 1 fully saturated rings. The second kappa shape index (κ2) is 8.04. The first-order chi connectivity index (χ1) is 11.8. The molecule has 8 nitrogen and oxygen atoms in total. The molecule has 0 bridgehead atoms. The number of piperidine rings is 1. The summed E-state index contributed by atoms with van der Waals surface area (Å²) in [7, 11) is 1.53. The normalized spacial score (nSPS) is 17.6. The molecule has 1 unspecified atom stereocenters. The molecule has 1 aliphatic heterocycles. The van der Waals surface area contributed by atoms with Crippen LogP contribution < -0.4 is 15.4 Å². The van der Waals surface area contributed by atoms with E-state index in [-0.39, 0.29) is 12.1 Å². The van der Waals surface area contributed by atoms with Gasteiger partial charge < -0.3 is 25.0 Å². The number of anilines is 1. The van der Waals surface area contributed by atoms with Crippen molar-refractivity contribution in [2.75, 3.05) is 25.5 Å². The third-order valence-electron chi connectivity index (χ3n) is 3.63. The van der Waals surface area contributed by atoms with Crippen molar-refractivity contribution in [2.45, 2.75) is 45.3 Å². The standard InChI is InChI=1S/C17H26N4O4/c1-17(2,3)25-16(23)20-13-6-5-9-21(11-13)15(22)19-12-7-8-14(24-4)18-10-12/h7-8,10,13H,5-6,9,11H2,1-4H3,(H,19,22)(H,20,23). The molecule has 2 heterocycles. The van der Waals surface area contributed by atoms with Crippen LogP contribution >= 0.6 is 0 Å². The summed E-state index contributed by atoms with van der Waals surface area (Å²) in [6.45, 7) is 6.53. The molecular weight excluding hydrogens is 324 g/mol. The van der Waals surface area contributed by atoms with Crippen molar-refractivity contribution in [1.29, 1.82) is 0 Å². The van der Waals surface area contributed by atoms with Gasteiger partial charge in [0, 0.05) is 25.2 Å². The Kier molecular flexibility index (Phi) is 6.06. The fourth-order valence-corrected chi connectivity index (χ4v) is 2.53. The summed E-state index contributed by atoms with van der Waals surface area (Å²) in [5.74, 6) is 0.484. The first-order valence-corrected chi connectivity index (χ1v) is 8.32. The van der Waals surface area contributed by atoms with Gasteiger partial charge in [-0.3, -0.25) is 0 Å². The second-order valence-electron chi connectivity index (χ2n) is 6.95. The zero-order chi connectivity index (χ0) is 18.4. The number of hydrogen-bond acceptors (Lipinski definition) is 5. The van der Waals surface area contributed by atoms with Crippen LogP contribution in [0.3, 0.4) is 0 Å². The van der Waals surface area contributed by atoms with Crippen LogP contribution in [0.5, 0.6) is 5.88 Å². The van der Waals surface area contributed by atoms with Crippen molar-refractivity contribution < 1.29 is 19.1 Å². The van der Waals surface area contributed by atoms with Crippen molar-refractivity contribution in [3.8, 4) is 5.88 Å². The molecule has 1 saturated heterocycles. The van der Waals surface area contributed by atoms with Gasteiger partial charge in [0.2, 0.25) is 5.88 Å². The van der Waals surface area contributed by atoms with Gasteiger partial charge in [0.15, 0.2) is 0 Å². The maximum Gasteiger partial charge on any atom is 0.407 e. The molecule has 0 aromatic carbocycles. The Bertz CT molecular complexity index is 598. The van der Waals surface area contributed by atoms with Gasteiger partial charge in [0.05, 0.1) is 19.0 Å². The Morgan fingerprint density at radius 3 is 2.68 bits per heavy atom. The van der Waals surface area contributed by atoms with Gasteiger partial charge in [0.25, 0.3) is 0 Å². The van der Waals surface area contributed by atoms with Crippen LogP contribution in [0.4, 0.5) is 15.3 Å². The van der Waals surface area contributed by atoms with Crippen LogP contribution in [0.15, 0.2) is 18.3 Å². The van der Waals surface area contributed by atoms with Gasteiger partial charge in [-0.2, -0.15) is 0 Å². The Morgan fingerprint density at radius 2 is 2.08 bits per heavy atom. The number of nitrogens with one attached hydrogen (secondary N) is 2. The number of nitrogens with zero attached hydrogens (tertiary/aromatic N) is 2. The van der Waals surface area contributed by atoms with Gasteiger partial charge in [-0.25, -0.2) is 14.6 Å². The Hall–Kier alpha value is -2.51. The second-order valence-corrected chi connectivity index (χ2v) is 6.95. The summed E-state index contributed by atoms with van der Waals surface area (Å²) in [5, 5.41) is 5.63. The minimum Gasteiger partial charge on any atom is -0.481 e. The number of carbonyl (C=O) groups is 2. The zero-order valence-electron chi connectivity index (χ0n) is 15.2. The lowest BCUT2D eigenvalue weighted by Gasteiger charge is -2.33. The van der Waals surface area contributed by atoms with Crippen LogP contribution in [0.2, 0.25) is 0 Å².